The Bertz CT molecular complexity index is 536. The lowest BCUT2D eigenvalue weighted by atomic mass is 10.2. The van der Waals surface area contributed by atoms with Gasteiger partial charge >= 0.3 is 0 Å². The molecule has 1 fully saturated rings. The number of nitrogens with one attached hydrogen (secondary N) is 2. The zero-order chi connectivity index (χ0) is 16.5. The second-order valence-electron chi connectivity index (χ2n) is 5.43. The molecule has 1 aliphatic rings. The molecular weight excluding hydrogens is 332 g/mol. The summed E-state index contributed by atoms with van der Waals surface area (Å²) in [5, 5.41) is 6.18. The highest BCUT2D eigenvalue weighted by molar-refractivity contribution is 5.93. The van der Waals surface area contributed by atoms with Gasteiger partial charge in [-0.2, -0.15) is 0 Å². The van der Waals surface area contributed by atoms with Crippen molar-refractivity contribution in [3.63, 3.8) is 0 Å². The fourth-order valence-corrected chi connectivity index (χ4v) is 2.38. The number of hydrogen-bond acceptors (Lipinski definition) is 5. The fourth-order valence-electron chi connectivity index (χ4n) is 2.38. The molecule has 1 saturated heterocycles. The van der Waals surface area contributed by atoms with E-state index in [-0.39, 0.29) is 31.3 Å². The third kappa shape index (κ3) is 7.16. The molecule has 1 aliphatic heterocycles. The Balaban J connectivity index is 0.00000288. The lowest BCUT2D eigenvalue weighted by Crippen LogP contribution is -2.46. The molecule has 24 heavy (non-hydrogen) atoms. The minimum atomic E-state index is -0.499. The van der Waals surface area contributed by atoms with Crippen LogP contribution in [0, 0.1) is 0 Å². The maximum Gasteiger partial charge on any atom is 0.248 e. The van der Waals surface area contributed by atoms with Crippen LogP contribution in [0.15, 0.2) is 24.3 Å². The van der Waals surface area contributed by atoms with E-state index < -0.39 is 5.91 Å². The van der Waals surface area contributed by atoms with Crippen LogP contribution < -0.4 is 21.1 Å². The zero-order valence-corrected chi connectivity index (χ0v) is 14.4. The summed E-state index contributed by atoms with van der Waals surface area (Å²) < 4.78 is 5.48. The Morgan fingerprint density at radius 3 is 2.75 bits per heavy atom. The van der Waals surface area contributed by atoms with E-state index in [0.29, 0.717) is 17.9 Å². The molecule has 0 atom stereocenters. The van der Waals surface area contributed by atoms with E-state index in [1.54, 1.807) is 24.3 Å². The number of primary amides is 1. The third-order valence-electron chi connectivity index (χ3n) is 3.68. The summed E-state index contributed by atoms with van der Waals surface area (Å²) in [6, 6.07) is 6.63. The molecule has 0 aromatic heterocycles. The summed E-state index contributed by atoms with van der Waals surface area (Å²) in [5.74, 6) is 0.00205. The first-order valence-electron chi connectivity index (χ1n) is 7.87. The van der Waals surface area contributed by atoms with Crippen LogP contribution in [0.25, 0.3) is 0 Å². The van der Waals surface area contributed by atoms with Gasteiger partial charge in [0, 0.05) is 44.8 Å². The number of nitrogens with two attached hydrogens (primary N) is 1. The largest absolute Gasteiger partial charge is 0.493 e. The van der Waals surface area contributed by atoms with Crippen LogP contribution in [-0.4, -0.2) is 62.6 Å². The summed E-state index contributed by atoms with van der Waals surface area (Å²) in [5.41, 5.74) is 5.60. The van der Waals surface area contributed by atoms with Gasteiger partial charge in [0.1, 0.15) is 5.75 Å². The lowest BCUT2D eigenvalue weighted by molar-refractivity contribution is -0.121. The first-order chi connectivity index (χ1) is 11.1. The molecule has 0 aliphatic carbocycles. The number of amides is 2. The van der Waals surface area contributed by atoms with Crippen molar-refractivity contribution >= 4 is 24.2 Å². The van der Waals surface area contributed by atoms with Crippen molar-refractivity contribution < 1.29 is 14.3 Å². The Hall–Kier alpha value is -1.83. The van der Waals surface area contributed by atoms with Crippen molar-refractivity contribution in [3.8, 4) is 5.75 Å². The minimum absolute atomic E-state index is 0. The van der Waals surface area contributed by atoms with Crippen molar-refractivity contribution in [2.75, 3.05) is 45.9 Å². The number of piperazine rings is 1. The standard InChI is InChI=1S/C16H24N4O3.ClH/c17-16(22)13-2-1-3-14(12-13)23-11-4-15(21)19-7-10-20-8-5-18-6-9-20;/h1-3,12,18H,4-11H2,(H2,17,22)(H,19,21);1H. The van der Waals surface area contributed by atoms with Crippen molar-refractivity contribution in [3.05, 3.63) is 29.8 Å². The van der Waals surface area contributed by atoms with Crippen molar-refractivity contribution in [2.45, 2.75) is 6.42 Å². The van der Waals surface area contributed by atoms with Gasteiger partial charge in [-0.3, -0.25) is 14.5 Å². The lowest BCUT2D eigenvalue weighted by Gasteiger charge is -2.27. The number of nitrogens with zero attached hydrogens (tertiary/aromatic N) is 1. The van der Waals surface area contributed by atoms with Crippen LogP contribution >= 0.6 is 12.4 Å². The predicted molar refractivity (Wildman–Crippen MR) is 94.6 cm³/mol. The minimum Gasteiger partial charge on any atom is -0.493 e. The van der Waals surface area contributed by atoms with Crippen molar-refractivity contribution in [1.82, 2.24) is 15.5 Å². The van der Waals surface area contributed by atoms with E-state index in [2.05, 4.69) is 15.5 Å². The van der Waals surface area contributed by atoms with Crippen LogP contribution in [0.3, 0.4) is 0 Å². The molecule has 0 bridgehead atoms. The van der Waals surface area contributed by atoms with Gasteiger partial charge in [-0.1, -0.05) is 6.07 Å². The number of ether oxygens (including phenoxy) is 1. The Morgan fingerprint density at radius 2 is 2.04 bits per heavy atom. The van der Waals surface area contributed by atoms with E-state index >= 15 is 0 Å². The van der Waals surface area contributed by atoms with Gasteiger partial charge in [0.05, 0.1) is 13.0 Å². The van der Waals surface area contributed by atoms with Crippen LogP contribution in [0.5, 0.6) is 5.75 Å². The van der Waals surface area contributed by atoms with E-state index in [1.807, 2.05) is 0 Å². The maximum atomic E-state index is 11.8. The first kappa shape index (κ1) is 20.2. The number of halogens is 1. The van der Waals surface area contributed by atoms with E-state index in [4.69, 9.17) is 10.5 Å². The number of benzene rings is 1. The monoisotopic (exact) mass is 356 g/mol. The van der Waals surface area contributed by atoms with Crippen LogP contribution in [0.2, 0.25) is 0 Å². The molecule has 134 valence electrons. The SMILES string of the molecule is Cl.NC(=O)c1cccc(OCCC(=O)NCCN2CCNCC2)c1. The second kappa shape index (κ2) is 10.9. The summed E-state index contributed by atoms with van der Waals surface area (Å²) in [7, 11) is 0. The smallest absolute Gasteiger partial charge is 0.248 e. The van der Waals surface area contributed by atoms with Crippen molar-refractivity contribution in [1.29, 1.82) is 0 Å². The molecule has 1 aromatic rings. The number of rotatable bonds is 8. The molecule has 4 N–H and O–H groups in total. The Kier molecular flexibility index (Phi) is 9.14. The van der Waals surface area contributed by atoms with Crippen LogP contribution in [0.1, 0.15) is 16.8 Å². The van der Waals surface area contributed by atoms with Gasteiger partial charge in [-0.25, -0.2) is 0 Å². The molecule has 0 unspecified atom stereocenters. The third-order valence-corrected chi connectivity index (χ3v) is 3.68. The molecule has 0 radical (unpaired) electrons. The average molecular weight is 357 g/mol. The molecule has 8 heteroatoms. The van der Waals surface area contributed by atoms with Crippen LogP contribution in [-0.2, 0) is 4.79 Å². The summed E-state index contributed by atoms with van der Waals surface area (Å²) in [6.45, 7) is 5.84. The normalized spacial score (nSPS) is 14.5. The molecular formula is C16H25ClN4O3. The molecule has 2 amide bonds. The second-order valence-corrected chi connectivity index (χ2v) is 5.43. The van der Waals surface area contributed by atoms with Gasteiger partial charge < -0.3 is 21.1 Å². The zero-order valence-electron chi connectivity index (χ0n) is 13.6. The number of hydrogen-bond donors (Lipinski definition) is 3. The van der Waals surface area contributed by atoms with Gasteiger partial charge in [0.15, 0.2) is 0 Å². The van der Waals surface area contributed by atoms with Gasteiger partial charge in [-0.15, -0.1) is 12.4 Å². The van der Waals surface area contributed by atoms with E-state index in [9.17, 15) is 9.59 Å². The maximum absolute atomic E-state index is 11.8. The summed E-state index contributed by atoms with van der Waals surface area (Å²) >= 11 is 0. The van der Waals surface area contributed by atoms with Gasteiger partial charge in [0.2, 0.25) is 11.8 Å². The molecule has 0 saturated carbocycles. The van der Waals surface area contributed by atoms with E-state index in [0.717, 1.165) is 32.7 Å². The molecule has 1 heterocycles. The molecule has 2 rings (SSSR count). The topological polar surface area (TPSA) is 96.7 Å². The molecule has 1 aromatic carbocycles. The average Bonchev–Trinajstić information content (AvgIpc) is 2.56. The summed E-state index contributed by atoms with van der Waals surface area (Å²) in [4.78, 5) is 25.2. The predicted octanol–water partition coefficient (Wildman–Crippen LogP) is -0.00240. The fraction of sp³-hybridized carbons (Fsp3) is 0.500. The van der Waals surface area contributed by atoms with Gasteiger partial charge in [-0.05, 0) is 18.2 Å². The molecule has 0 spiro atoms. The summed E-state index contributed by atoms with van der Waals surface area (Å²) in [6.07, 6.45) is 0.280. The number of carbonyl (C=O) groups is 2. The highest BCUT2D eigenvalue weighted by Gasteiger charge is 2.09. The number of carbonyl (C=O) groups excluding carboxylic acids is 2. The highest BCUT2D eigenvalue weighted by Crippen LogP contribution is 2.13. The molecule has 7 nitrogen and oxygen atoms in total. The quantitative estimate of drug-likeness (QED) is 0.609. The highest BCUT2D eigenvalue weighted by atomic mass is 35.5. The van der Waals surface area contributed by atoms with Crippen molar-refractivity contribution in [2.24, 2.45) is 5.73 Å². The van der Waals surface area contributed by atoms with Crippen LogP contribution in [0.4, 0.5) is 0 Å². The van der Waals surface area contributed by atoms with Gasteiger partial charge in [0.25, 0.3) is 0 Å². The van der Waals surface area contributed by atoms with E-state index in [1.165, 1.54) is 0 Å². The Morgan fingerprint density at radius 1 is 1.29 bits per heavy atom. The first-order valence-corrected chi connectivity index (χ1v) is 7.87. The Labute approximate surface area is 148 Å².